The zero-order valence-corrected chi connectivity index (χ0v) is 36.5. The van der Waals surface area contributed by atoms with E-state index in [-0.39, 0.29) is 12.6 Å². The van der Waals surface area contributed by atoms with Crippen LogP contribution in [0.5, 0.6) is 0 Å². The van der Waals surface area contributed by atoms with Crippen LogP contribution in [-0.2, 0) is 14.3 Å². The molecule has 0 saturated carbocycles. The zero-order valence-electron chi connectivity index (χ0n) is 36.5. The van der Waals surface area contributed by atoms with Gasteiger partial charge in [0.15, 0.2) is 5.78 Å². The molecule has 0 aliphatic heterocycles. The second-order valence-electron chi connectivity index (χ2n) is 18.4. The van der Waals surface area contributed by atoms with E-state index in [4.69, 9.17) is 4.74 Å². The van der Waals surface area contributed by atoms with Gasteiger partial charge in [-0.2, -0.15) is 0 Å². The van der Waals surface area contributed by atoms with Gasteiger partial charge in [0, 0.05) is 12.8 Å². The van der Waals surface area contributed by atoms with Crippen molar-refractivity contribution in [2.24, 2.45) is 5.41 Å². The highest BCUT2D eigenvalue weighted by Gasteiger charge is 2.28. The highest BCUT2D eigenvalue weighted by molar-refractivity contribution is 5.79. The van der Waals surface area contributed by atoms with Crippen molar-refractivity contribution < 1.29 is 28.4 Å². The maximum Gasteiger partial charge on any atom is 0.305 e. The third kappa shape index (κ3) is 33.6. The number of esters is 1. The maximum atomic E-state index is 12.5. The van der Waals surface area contributed by atoms with E-state index >= 15 is 0 Å². The number of unbranched alkanes of at least 4 members (excludes halogenated alkanes) is 21. The molecule has 0 rings (SSSR count). The summed E-state index contributed by atoms with van der Waals surface area (Å²) in [6, 6.07) is 0. The predicted molar refractivity (Wildman–Crippen MR) is 225 cm³/mol. The van der Waals surface area contributed by atoms with Gasteiger partial charge in [-0.3, -0.25) is 9.59 Å². The smallest absolute Gasteiger partial charge is 0.305 e. The van der Waals surface area contributed by atoms with Gasteiger partial charge >= 0.3 is 5.97 Å². The summed E-state index contributed by atoms with van der Waals surface area (Å²) in [5.41, 5.74) is 0.493. The molecule has 0 fully saturated rings. The fourth-order valence-corrected chi connectivity index (χ4v) is 7.90. The second-order valence-corrected chi connectivity index (χ2v) is 18.4. The number of hydrogen-bond donors (Lipinski definition) is 1. The standard InChI is InChI=1S/C46H94N2O4/c1-8-10-12-14-16-18-24-30-36-46(35-29-23-17-15-13-11-9-2,37-31-25-19-21-27-33-44(50)43-48(6,7)39-41-49)38-32-26-20-22-28-34-45(51)52-42-40-47(3,4)5/h49H,8-43H2,1-7H3/q+2. The Morgan fingerprint density at radius 2 is 0.865 bits per heavy atom. The van der Waals surface area contributed by atoms with E-state index in [2.05, 4.69) is 35.0 Å². The van der Waals surface area contributed by atoms with Crippen LogP contribution in [0.15, 0.2) is 0 Å². The number of ether oxygens (including phenoxy) is 1. The van der Waals surface area contributed by atoms with Gasteiger partial charge in [0.1, 0.15) is 26.2 Å². The van der Waals surface area contributed by atoms with Gasteiger partial charge in [-0.15, -0.1) is 0 Å². The van der Waals surface area contributed by atoms with E-state index in [9.17, 15) is 14.7 Å². The molecule has 0 aliphatic rings. The number of aliphatic hydroxyl groups excluding tert-OH is 1. The number of nitrogens with zero attached hydrogens (tertiary/aromatic N) is 2. The summed E-state index contributed by atoms with van der Waals surface area (Å²) in [6.45, 7) is 7.30. The Labute approximate surface area is 325 Å². The SMILES string of the molecule is CCCCCCCCCCC(CCCCCCCCC)(CCCCCCCC(=O)C[N+](C)(C)CCO)CCCCCCCC(=O)OCC[N+](C)(C)C. The summed E-state index contributed by atoms with van der Waals surface area (Å²) < 4.78 is 6.87. The van der Waals surface area contributed by atoms with Crippen LogP contribution in [0.1, 0.15) is 213 Å². The Bertz CT molecular complexity index is 824. The maximum absolute atomic E-state index is 12.5. The third-order valence-electron chi connectivity index (χ3n) is 11.5. The molecule has 1 N–H and O–H groups in total. The van der Waals surface area contributed by atoms with E-state index in [1.807, 2.05) is 14.1 Å². The van der Waals surface area contributed by atoms with E-state index in [0.717, 1.165) is 36.7 Å². The number of hydrogen-bond acceptors (Lipinski definition) is 4. The third-order valence-corrected chi connectivity index (χ3v) is 11.5. The summed E-state index contributed by atoms with van der Waals surface area (Å²) in [7, 11) is 10.5. The van der Waals surface area contributed by atoms with Crippen molar-refractivity contribution in [3.05, 3.63) is 0 Å². The first-order chi connectivity index (χ1) is 24.9. The summed E-state index contributed by atoms with van der Waals surface area (Å²) in [6.07, 6.45) is 39.6. The fourth-order valence-electron chi connectivity index (χ4n) is 7.90. The Hall–Kier alpha value is -0.980. The van der Waals surface area contributed by atoms with Crippen molar-refractivity contribution in [3.8, 4) is 0 Å². The minimum absolute atomic E-state index is 0.0274. The van der Waals surface area contributed by atoms with Gasteiger partial charge in [-0.05, 0) is 43.9 Å². The largest absolute Gasteiger partial charge is 0.460 e. The van der Waals surface area contributed by atoms with E-state index < -0.39 is 0 Å². The van der Waals surface area contributed by atoms with E-state index in [1.165, 1.54) is 161 Å². The highest BCUT2D eigenvalue weighted by Crippen LogP contribution is 2.42. The van der Waals surface area contributed by atoms with Crippen molar-refractivity contribution in [2.45, 2.75) is 213 Å². The van der Waals surface area contributed by atoms with Crippen molar-refractivity contribution in [1.82, 2.24) is 0 Å². The van der Waals surface area contributed by atoms with Crippen molar-refractivity contribution in [3.63, 3.8) is 0 Å². The molecule has 6 nitrogen and oxygen atoms in total. The van der Waals surface area contributed by atoms with Crippen LogP contribution in [0.3, 0.4) is 0 Å². The average Bonchev–Trinajstić information content (AvgIpc) is 3.07. The molecule has 1 unspecified atom stereocenters. The molecule has 0 radical (unpaired) electrons. The first-order valence-corrected chi connectivity index (χ1v) is 22.8. The molecule has 0 spiro atoms. The van der Waals surface area contributed by atoms with Crippen molar-refractivity contribution in [1.29, 1.82) is 0 Å². The van der Waals surface area contributed by atoms with E-state index in [1.54, 1.807) is 0 Å². The van der Waals surface area contributed by atoms with Crippen molar-refractivity contribution in [2.75, 3.05) is 68.1 Å². The monoisotopic (exact) mass is 739 g/mol. The fraction of sp³-hybridized carbons (Fsp3) is 0.957. The van der Waals surface area contributed by atoms with Crippen molar-refractivity contribution >= 4 is 11.8 Å². The first kappa shape index (κ1) is 51.0. The minimum Gasteiger partial charge on any atom is -0.460 e. The van der Waals surface area contributed by atoms with Gasteiger partial charge in [-0.1, -0.05) is 162 Å². The Balaban J connectivity index is 5.03. The summed E-state index contributed by atoms with van der Waals surface area (Å²) in [5.74, 6) is 0.313. The van der Waals surface area contributed by atoms with Crippen LogP contribution in [0.25, 0.3) is 0 Å². The number of ketones is 1. The number of rotatable bonds is 40. The molecule has 52 heavy (non-hydrogen) atoms. The molecular weight excluding hydrogens is 645 g/mol. The normalized spacial score (nSPS) is 13.4. The van der Waals surface area contributed by atoms with Crippen LogP contribution < -0.4 is 0 Å². The molecular formula is C46H94N2O4+2. The lowest BCUT2D eigenvalue weighted by molar-refractivity contribution is -0.882. The predicted octanol–water partition coefficient (Wildman–Crippen LogP) is 12.0. The quantitative estimate of drug-likeness (QED) is 0.0386. The molecule has 0 amide bonds. The summed E-state index contributed by atoms with van der Waals surface area (Å²) in [5, 5.41) is 9.28. The lowest BCUT2D eigenvalue weighted by Crippen LogP contribution is -2.45. The van der Waals surface area contributed by atoms with Gasteiger partial charge in [0.05, 0.1) is 41.8 Å². The van der Waals surface area contributed by atoms with Crippen LogP contribution in [0.2, 0.25) is 0 Å². The van der Waals surface area contributed by atoms with Crippen LogP contribution in [0, 0.1) is 5.41 Å². The second kappa shape index (κ2) is 33.4. The average molecular weight is 739 g/mol. The molecule has 0 heterocycles. The number of Topliss-reactive ketones (excluding diaryl/α,β-unsaturated/α-hetero) is 1. The zero-order chi connectivity index (χ0) is 38.8. The summed E-state index contributed by atoms with van der Waals surface area (Å²) in [4.78, 5) is 24.7. The highest BCUT2D eigenvalue weighted by atomic mass is 16.5. The van der Waals surface area contributed by atoms with Gasteiger partial charge in [-0.25, -0.2) is 0 Å². The molecule has 310 valence electrons. The number of quaternary nitrogens is 2. The van der Waals surface area contributed by atoms with Crippen LogP contribution in [-0.4, -0.2) is 93.9 Å². The topological polar surface area (TPSA) is 63.6 Å². The van der Waals surface area contributed by atoms with Crippen LogP contribution in [0.4, 0.5) is 0 Å². The molecule has 0 aromatic rings. The number of aliphatic hydroxyl groups is 1. The molecule has 6 heteroatoms. The molecule has 0 saturated heterocycles. The van der Waals surface area contributed by atoms with Crippen LogP contribution >= 0.6 is 0 Å². The number of likely N-dealkylation sites (N-methyl/N-ethyl adjacent to an activating group) is 2. The summed E-state index contributed by atoms with van der Waals surface area (Å²) >= 11 is 0. The minimum atomic E-state index is -0.0274. The lowest BCUT2D eigenvalue weighted by atomic mass is 9.70. The molecule has 0 aliphatic carbocycles. The van der Waals surface area contributed by atoms with Gasteiger partial charge in [0.25, 0.3) is 0 Å². The Morgan fingerprint density at radius 1 is 0.500 bits per heavy atom. The first-order valence-electron chi connectivity index (χ1n) is 22.8. The molecule has 0 aromatic heterocycles. The number of carbonyl (C=O) groups is 2. The van der Waals surface area contributed by atoms with E-state index in [0.29, 0.717) is 48.2 Å². The molecule has 1 atom stereocenters. The Morgan fingerprint density at radius 3 is 1.25 bits per heavy atom. The molecule has 0 bridgehead atoms. The van der Waals surface area contributed by atoms with Gasteiger partial charge in [0.2, 0.25) is 0 Å². The molecule has 0 aromatic carbocycles. The Kier molecular flexibility index (Phi) is 32.7. The lowest BCUT2D eigenvalue weighted by Gasteiger charge is -2.35. The number of carbonyl (C=O) groups excluding carboxylic acids is 2. The van der Waals surface area contributed by atoms with Gasteiger partial charge < -0.3 is 18.8 Å².